The molecule has 0 spiro atoms. The molecule has 3 aromatic rings. The molecule has 0 fully saturated rings. The molecule has 1 nitrogen and oxygen atoms in total. The zero-order valence-electron chi connectivity index (χ0n) is 11.1. The van der Waals surface area contributed by atoms with Crippen molar-refractivity contribution in [1.82, 2.24) is 0 Å². The standard InChI is InChI=1S/C19H15N/c1-3-7-17(8-4-1)18-13-11-16(12-14-18)15-20-19-9-5-2-6-10-19/h1-15H. The summed E-state index contributed by atoms with van der Waals surface area (Å²) < 4.78 is 0. The lowest BCUT2D eigenvalue weighted by molar-refractivity contribution is 1.52. The van der Waals surface area contributed by atoms with E-state index in [1.165, 1.54) is 11.1 Å². The van der Waals surface area contributed by atoms with E-state index in [1.807, 2.05) is 42.6 Å². The van der Waals surface area contributed by atoms with Crippen LogP contribution in [0.2, 0.25) is 0 Å². The van der Waals surface area contributed by atoms with E-state index in [4.69, 9.17) is 0 Å². The number of para-hydroxylation sites is 1. The van der Waals surface area contributed by atoms with E-state index in [9.17, 15) is 0 Å². The maximum atomic E-state index is 4.45. The molecule has 0 atom stereocenters. The van der Waals surface area contributed by atoms with Crippen LogP contribution in [-0.4, -0.2) is 6.21 Å². The molecule has 0 aliphatic rings. The van der Waals surface area contributed by atoms with Gasteiger partial charge in [-0.2, -0.15) is 0 Å². The van der Waals surface area contributed by atoms with Crippen LogP contribution in [0.1, 0.15) is 5.56 Å². The lowest BCUT2D eigenvalue weighted by atomic mass is 10.0. The Bertz CT molecular complexity index is 683. The van der Waals surface area contributed by atoms with Crippen LogP contribution in [0, 0.1) is 0 Å². The molecule has 20 heavy (non-hydrogen) atoms. The van der Waals surface area contributed by atoms with E-state index in [1.54, 1.807) is 0 Å². The molecule has 3 aromatic carbocycles. The minimum atomic E-state index is 0.972. The largest absolute Gasteiger partial charge is 0.256 e. The highest BCUT2D eigenvalue weighted by atomic mass is 14.7. The molecule has 0 bridgehead atoms. The van der Waals surface area contributed by atoms with Crippen molar-refractivity contribution in [3.63, 3.8) is 0 Å². The fourth-order valence-corrected chi connectivity index (χ4v) is 2.06. The lowest BCUT2D eigenvalue weighted by Gasteiger charge is -2.01. The number of hydrogen-bond acceptors (Lipinski definition) is 1. The first kappa shape index (κ1) is 12.4. The summed E-state index contributed by atoms with van der Waals surface area (Å²) in [5, 5.41) is 0. The van der Waals surface area contributed by atoms with Crippen LogP contribution in [0.3, 0.4) is 0 Å². The van der Waals surface area contributed by atoms with Crippen molar-refractivity contribution in [3.05, 3.63) is 90.5 Å². The van der Waals surface area contributed by atoms with Crippen LogP contribution in [-0.2, 0) is 0 Å². The number of rotatable bonds is 3. The van der Waals surface area contributed by atoms with E-state index in [0.29, 0.717) is 0 Å². The van der Waals surface area contributed by atoms with Gasteiger partial charge in [-0.3, -0.25) is 4.99 Å². The summed E-state index contributed by atoms with van der Waals surface area (Å²) in [6, 6.07) is 28.8. The van der Waals surface area contributed by atoms with Crippen LogP contribution >= 0.6 is 0 Å². The van der Waals surface area contributed by atoms with Crippen LogP contribution < -0.4 is 0 Å². The maximum absolute atomic E-state index is 4.45. The Hall–Kier alpha value is -2.67. The Kier molecular flexibility index (Phi) is 3.70. The molecular formula is C19H15N. The molecule has 1 heteroatoms. The van der Waals surface area contributed by atoms with Gasteiger partial charge in [-0.05, 0) is 28.8 Å². The Labute approximate surface area is 119 Å². The summed E-state index contributed by atoms with van der Waals surface area (Å²) in [7, 11) is 0. The van der Waals surface area contributed by atoms with Gasteiger partial charge >= 0.3 is 0 Å². The molecule has 0 saturated heterocycles. The summed E-state index contributed by atoms with van der Waals surface area (Å²) in [5.41, 5.74) is 4.54. The zero-order valence-corrected chi connectivity index (χ0v) is 11.1. The average Bonchev–Trinajstić information content (AvgIpc) is 2.55. The van der Waals surface area contributed by atoms with Crippen LogP contribution in [0.15, 0.2) is 89.9 Å². The van der Waals surface area contributed by atoms with Crippen molar-refractivity contribution < 1.29 is 0 Å². The molecule has 0 aromatic heterocycles. The van der Waals surface area contributed by atoms with E-state index in [2.05, 4.69) is 53.5 Å². The predicted molar refractivity (Wildman–Crippen MR) is 85.6 cm³/mol. The number of benzene rings is 3. The van der Waals surface area contributed by atoms with Crippen molar-refractivity contribution in [3.8, 4) is 11.1 Å². The van der Waals surface area contributed by atoms with Gasteiger partial charge in [0.25, 0.3) is 0 Å². The number of nitrogens with zero attached hydrogens (tertiary/aromatic N) is 1. The van der Waals surface area contributed by atoms with E-state index in [-0.39, 0.29) is 0 Å². The molecule has 0 aliphatic heterocycles. The summed E-state index contributed by atoms with van der Waals surface area (Å²) in [6.45, 7) is 0. The Morgan fingerprint density at radius 2 is 1.10 bits per heavy atom. The highest BCUT2D eigenvalue weighted by Gasteiger charge is 1.95. The highest BCUT2D eigenvalue weighted by Crippen LogP contribution is 2.19. The van der Waals surface area contributed by atoms with E-state index in [0.717, 1.165) is 11.3 Å². The van der Waals surface area contributed by atoms with Gasteiger partial charge in [0.1, 0.15) is 0 Å². The monoisotopic (exact) mass is 257 g/mol. The second-order valence-corrected chi connectivity index (χ2v) is 4.58. The van der Waals surface area contributed by atoms with Crippen molar-refractivity contribution in [2.75, 3.05) is 0 Å². The normalized spacial score (nSPS) is 10.8. The van der Waals surface area contributed by atoms with Crippen molar-refractivity contribution >= 4 is 11.9 Å². The zero-order chi connectivity index (χ0) is 13.6. The Morgan fingerprint density at radius 1 is 0.550 bits per heavy atom. The number of aliphatic imine (C=N–C) groups is 1. The van der Waals surface area contributed by atoms with Crippen molar-refractivity contribution in [2.24, 2.45) is 4.99 Å². The first-order chi connectivity index (χ1) is 9.92. The highest BCUT2D eigenvalue weighted by molar-refractivity contribution is 5.83. The van der Waals surface area contributed by atoms with E-state index < -0.39 is 0 Å². The van der Waals surface area contributed by atoms with Crippen LogP contribution in [0.25, 0.3) is 11.1 Å². The van der Waals surface area contributed by atoms with Gasteiger partial charge in [0, 0.05) is 6.21 Å². The summed E-state index contributed by atoms with van der Waals surface area (Å²) in [6.07, 6.45) is 1.89. The first-order valence-corrected chi connectivity index (χ1v) is 6.66. The van der Waals surface area contributed by atoms with Crippen molar-refractivity contribution in [1.29, 1.82) is 0 Å². The quantitative estimate of drug-likeness (QED) is 0.578. The first-order valence-electron chi connectivity index (χ1n) is 6.66. The van der Waals surface area contributed by atoms with Gasteiger partial charge in [0.2, 0.25) is 0 Å². The average molecular weight is 257 g/mol. The Morgan fingerprint density at radius 3 is 1.75 bits per heavy atom. The predicted octanol–water partition coefficient (Wildman–Crippen LogP) is 5.10. The third-order valence-electron chi connectivity index (χ3n) is 3.14. The molecule has 0 aliphatic carbocycles. The summed E-state index contributed by atoms with van der Waals surface area (Å²) in [4.78, 5) is 4.45. The van der Waals surface area contributed by atoms with Gasteiger partial charge in [-0.1, -0.05) is 72.8 Å². The summed E-state index contributed by atoms with van der Waals surface area (Å²) in [5.74, 6) is 0. The van der Waals surface area contributed by atoms with Crippen molar-refractivity contribution in [2.45, 2.75) is 0 Å². The minimum Gasteiger partial charge on any atom is -0.256 e. The third-order valence-corrected chi connectivity index (χ3v) is 3.14. The summed E-state index contributed by atoms with van der Waals surface area (Å²) >= 11 is 0. The molecule has 96 valence electrons. The van der Waals surface area contributed by atoms with Crippen LogP contribution in [0.5, 0.6) is 0 Å². The van der Waals surface area contributed by atoms with Gasteiger partial charge < -0.3 is 0 Å². The third kappa shape index (κ3) is 3.01. The molecule has 0 heterocycles. The maximum Gasteiger partial charge on any atom is 0.0629 e. The minimum absolute atomic E-state index is 0.972. The van der Waals surface area contributed by atoms with Gasteiger partial charge in [-0.25, -0.2) is 0 Å². The lowest BCUT2D eigenvalue weighted by Crippen LogP contribution is -1.82. The second kappa shape index (κ2) is 5.98. The van der Waals surface area contributed by atoms with E-state index >= 15 is 0 Å². The molecule has 0 amide bonds. The topological polar surface area (TPSA) is 12.4 Å². The molecule has 0 saturated carbocycles. The molecule has 0 unspecified atom stereocenters. The fraction of sp³-hybridized carbons (Fsp3) is 0. The fourth-order valence-electron chi connectivity index (χ4n) is 2.06. The molecule has 0 N–H and O–H groups in total. The second-order valence-electron chi connectivity index (χ2n) is 4.58. The van der Waals surface area contributed by atoms with Gasteiger partial charge in [0.05, 0.1) is 5.69 Å². The Balaban J connectivity index is 1.79. The van der Waals surface area contributed by atoms with Crippen LogP contribution in [0.4, 0.5) is 5.69 Å². The smallest absolute Gasteiger partial charge is 0.0629 e. The molecule has 0 radical (unpaired) electrons. The SMILES string of the molecule is C(=Nc1ccccc1)c1ccc(-c2ccccc2)cc1. The molecule has 3 rings (SSSR count). The van der Waals surface area contributed by atoms with Gasteiger partial charge in [0.15, 0.2) is 0 Å². The molecular weight excluding hydrogens is 242 g/mol. The number of hydrogen-bond donors (Lipinski definition) is 0. The van der Waals surface area contributed by atoms with Gasteiger partial charge in [-0.15, -0.1) is 0 Å².